The standard InChI is InChI=1S/C16H11Cl2F3N2O2/c1-8-6-22-14(13(18)12(8)17)11(24)7-23-15(25)9-4-2-3-5-10(9)16(19,20)21/h2-6H,7H2,1H3,(H,23,25). The number of carbonyl (C=O) groups excluding carboxylic acids is 2. The number of aromatic nitrogens is 1. The van der Waals surface area contributed by atoms with Crippen molar-refractivity contribution in [3.05, 3.63) is 62.9 Å². The maximum atomic E-state index is 12.9. The van der Waals surface area contributed by atoms with Gasteiger partial charge < -0.3 is 5.32 Å². The summed E-state index contributed by atoms with van der Waals surface area (Å²) in [6.45, 7) is 1.07. The molecular weight excluding hydrogens is 380 g/mol. The van der Waals surface area contributed by atoms with Gasteiger partial charge >= 0.3 is 6.18 Å². The fourth-order valence-corrected chi connectivity index (χ4v) is 2.46. The molecule has 0 aliphatic heterocycles. The van der Waals surface area contributed by atoms with Crippen LogP contribution in [0.2, 0.25) is 10.0 Å². The minimum Gasteiger partial charge on any atom is -0.344 e. The molecule has 0 bridgehead atoms. The van der Waals surface area contributed by atoms with E-state index in [1.54, 1.807) is 6.92 Å². The van der Waals surface area contributed by atoms with Crippen LogP contribution >= 0.6 is 23.2 Å². The van der Waals surface area contributed by atoms with Crippen LogP contribution in [0.25, 0.3) is 0 Å². The first-order valence-electron chi connectivity index (χ1n) is 6.91. The van der Waals surface area contributed by atoms with E-state index in [0.717, 1.165) is 12.1 Å². The first-order valence-corrected chi connectivity index (χ1v) is 7.66. The van der Waals surface area contributed by atoms with E-state index >= 15 is 0 Å². The maximum Gasteiger partial charge on any atom is 0.417 e. The monoisotopic (exact) mass is 390 g/mol. The Morgan fingerprint density at radius 2 is 1.80 bits per heavy atom. The second kappa shape index (κ2) is 7.41. The molecule has 0 radical (unpaired) electrons. The minimum atomic E-state index is -4.69. The number of ketones is 1. The van der Waals surface area contributed by atoms with Crippen LogP contribution in [0, 0.1) is 6.92 Å². The Kier molecular flexibility index (Phi) is 5.69. The van der Waals surface area contributed by atoms with Crippen LogP contribution < -0.4 is 5.32 Å². The quantitative estimate of drug-likeness (QED) is 0.790. The first kappa shape index (κ1) is 19.2. The molecule has 0 aliphatic carbocycles. The summed E-state index contributed by atoms with van der Waals surface area (Å²) >= 11 is 11.9. The Morgan fingerprint density at radius 3 is 2.44 bits per heavy atom. The van der Waals surface area contributed by atoms with Gasteiger partial charge in [-0.1, -0.05) is 35.3 Å². The highest BCUT2D eigenvalue weighted by molar-refractivity contribution is 6.44. The lowest BCUT2D eigenvalue weighted by Gasteiger charge is -2.12. The fraction of sp³-hybridized carbons (Fsp3) is 0.188. The molecule has 25 heavy (non-hydrogen) atoms. The van der Waals surface area contributed by atoms with Gasteiger partial charge in [0.05, 0.1) is 27.7 Å². The van der Waals surface area contributed by atoms with E-state index in [-0.39, 0.29) is 15.7 Å². The van der Waals surface area contributed by atoms with Crippen LogP contribution in [0.4, 0.5) is 13.2 Å². The van der Waals surface area contributed by atoms with Crippen LogP contribution in [-0.2, 0) is 6.18 Å². The van der Waals surface area contributed by atoms with E-state index in [2.05, 4.69) is 10.3 Å². The smallest absolute Gasteiger partial charge is 0.344 e. The zero-order valence-electron chi connectivity index (χ0n) is 12.7. The summed E-state index contributed by atoms with van der Waals surface area (Å²) in [4.78, 5) is 28.0. The number of aryl methyl sites for hydroxylation is 1. The molecule has 0 saturated heterocycles. The molecule has 0 fully saturated rings. The summed E-state index contributed by atoms with van der Waals surface area (Å²) in [6, 6.07) is 4.28. The van der Waals surface area contributed by atoms with Crippen molar-refractivity contribution in [1.82, 2.24) is 10.3 Å². The van der Waals surface area contributed by atoms with E-state index in [1.165, 1.54) is 18.3 Å². The molecule has 4 nitrogen and oxygen atoms in total. The molecule has 0 unspecified atom stereocenters. The van der Waals surface area contributed by atoms with E-state index in [0.29, 0.717) is 5.56 Å². The Labute approximate surface area is 151 Å². The number of halogens is 5. The first-order chi connectivity index (χ1) is 11.6. The number of hydrogen-bond acceptors (Lipinski definition) is 3. The summed E-state index contributed by atoms with van der Waals surface area (Å²) in [6.07, 6.45) is -3.35. The Bertz CT molecular complexity index is 839. The van der Waals surface area contributed by atoms with Gasteiger partial charge in [0.15, 0.2) is 0 Å². The van der Waals surface area contributed by atoms with Gasteiger partial charge in [0, 0.05) is 6.20 Å². The number of benzene rings is 1. The minimum absolute atomic E-state index is 0.0726. The van der Waals surface area contributed by atoms with Crippen LogP contribution in [0.1, 0.15) is 32.0 Å². The van der Waals surface area contributed by atoms with Crippen molar-refractivity contribution in [2.75, 3.05) is 6.54 Å². The average molecular weight is 391 g/mol. The number of alkyl halides is 3. The number of rotatable bonds is 4. The molecule has 2 rings (SSSR count). The fourth-order valence-electron chi connectivity index (χ4n) is 2.01. The molecular formula is C16H11Cl2F3N2O2. The molecule has 9 heteroatoms. The normalized spacial score (nSPS) is 11.3. The second-order valence-corrected chi connectivity index (χ2v) is 5.82. The van der Waals surface area contributed by atoms with Gasteiger partial charge in [-0.05, 0) is 24.6 Å². The molecule has 1 N–H and O–H groups in total. The number of nitrogens with one attached hydrogen (secondary N) is 1. The number of nitrogens with zero attached hydrogens (tertiary/aromatic N) is 1. The number of Topliss-reactive ketones (excluding diaryl/α,β-unsaturated/α-hetero) is 1. The highest BCUT2D eigenvalue weighted by Gasteiger charge is 2.34. The van der Waals surface area contributed by atoms with E-state index in [9.17, 15) is 22.8 Å². The second-order valence-electron chi connectivity index (χ2n) is 5.07. The number of pyridine rings is 1. The van der Waals surface area contributed by atoms with Crippen LogP contribution in [0.15, 0.2) is 30.5 Å². The van der Waals surface area contributed by atoms with Crippen molar-refractivity contribution in [1.29, 1.82) is 0 Å². The molecule has 1 aromatic carbocycles. The van der Waals surface area contributed by atoms with E-state index < -0.39 is 35.5 Å². The predicted molar refractivity (Wildman–Crippen MR) is 87.1 cm³/mol. The molecule has 0 aliphatic rings. The summed E-state index contributed by atoms with van der Waals surface area (Å²) < 4.78 is 38.8. The van der Waals surface area contributed by atoms with Gasteiger partial charge in [-0.25, -0.2) is 0 Å². The Balaban J connectivity index is 2.16. The highest BCUT2D eigenvalue weighted by Crippen LogP contribution is 2.32. The number of amides is 1. The van der Waals surface area contributed by atoms with Crippen molar-refractivity contribution in [3.8, 4) is 0 Å². The zero-order chi connectivity index (χ0) is 18.8. The molecule has 0 atom stereocenters. The van der Waals surface area contributed by atoms with Gasteiger partial charge in [0.2, 0.25) is 5.78 Å². The predicted octanol–water partition coefficient (Wildman–Crippen LogP) is 4.33. The number of carbonyl (C=O) groups is 2. The topological polar surface area (TPSA) is 59.1 Å². The average Bonchev–Trinajstić information content (AvgIpc) is 2.56. The van der Waals surface area contributed by atoms with Crippen molar-refractivity contribution >= 4 is 34.9 Å². The third-order valence-corrected chi connectivity index (χ3v) is 4.24. The lowest BCUT2D eigenvalue weighted by molar-refractivity contribution is -0.137. The summed E-state index contributed by atoms with van der Waals surface area (Å²) in [5.74, 6) is -1.71. The summed E-state index contributed by atoms with van der Waals surface area (Å²) in [5, 5.41) is 2.22. The third kappa shape index (κ3) is 4.29. The van der Waals surface area contributed by atoms with E-state index in [1.807, 2.05) is 0 Å². The molecule has 1 amide bonds. The van der Waals surface area contributed by atoms with Crippen molar-refractivity contribution in [2.24, 2.45) is 0 Å². The molecule has 1 heterocycles. The number of hydrogen-bond donors (Lipinski definition) is 1. The maximum absolute atomic E-state index is 12.9. The Hall–Kier alpha value is -2.12. The van der Waals surface area contributed by atoms with Crippen LogP contribution in [0.3, 0.4) is 0 Å². The lowest BCUT2D eigenvalue weighted by Crippen LogP contribution is -2.31. The molecule has 1 aromatic heterocycles. The van der Waals surface area contributed by atoms with Gasteiger partial charge in [-0.15, -0.1) is 0 Å². The van der Waals surface area contributed by atoms with Crippen molar-refractivity contribution in [3.63, 3.8) is 0 Å². The molecule has 0 spiro atoms. The van der Waals surface area contributed by atoms with Gasteiger partial charge in [0.1, 0.15) is 5.69 Å². The van der Waals surface area contributed by atoms with Gasteiger partial charge in [-0.3, -0.25) is 14.6 Å². The largest absolute Gasteiger partial charge is 0.417 e. The summed E-state index contributed by atoms with van der Waals surface area (Å²) in [5.41, 5.74) is -1.27. The molecule has 0 saturated carbocycles. The van der Waals surface area contributed by atoms with Crippen LogP contribution in [-0.4, -0.2) is 23.2 Å². The van der Waals surface area contributed by atoms with Gasteiger partial charge in [-0.2, -0.15) is 13.2 Å². The van der Waals surface area contributed by atoms with Gasteiger partial charge in [0.25, 0.3) is 5.91 Å². The lowest BCUT2D eigenvalue weighted by atomic mass is 10.1. The molecule has 132 valence electrons. The van der Waals surface area contributed by atoms with Crippen molar-refractivity contribution in [2.45, 2.75) is 13.1 Å². The summed E-state index contributed by atoms with van der Waals surface area (Å²) in [7, 11) is 0. The zero-order valence-corrected chi connectivity index (χ0v) is 14.3. The highest BCUT2D eigenvalue weighted by atomic mass is 35.5. The third-order valence-electron chi connectivity index (χ3n) is 3.28. The van der Waals surface area contributed by atoms with Crippen LogP contribution in [0.5, 0.6) is 0 Å². The Morgan fingerprint density at radius 1 is 1.16 bits per heavy atom. The SMILES string of the molecule is Cc1cnc(C(=O)CNC(=O)c2ccccc2C(F)(F)F)c(Cl)c1Cl. The molecule has 2 aromatic rings. The van der Waals surface area contributed by atoms with Crippen molar-refractivity contribution < 1.29 is 22.8 Å². The van der Waals surface area contributed by atoms with E-state index in [4.69, 9.17) is 23.2 Å².